The van der Waals surface area contributed by atoms with Gasteiger partial charge in [-0.15, -0.1) is 0 Å². The molecule has 22 heavy (non-hydrogen) atoms. The molecule has 0 bridgehead atoms. The van der Waals surface area contributed by atoms with E-state index < -0.39 is 11.4 Å². The van der Waals surface area contributed by atoms with Crippen LogP contribution in [0.4, 0.5) is 8.78 Å². The number of hydrogen-bond acceptors (Lipinski definition) is 1. The maximum Gasteiger partial charge on any atom is 0.304 e. The van der Waals surface area contributed by atoms with E-state index in [9.17, 15) is 18.7 Å². The van der Waals surface area contributed by atoms with Crippen molar-refractivity contribution in [2.75, 3.05) is 5.33 Å². The Hall–Kier alpha value is -1.49. The first-order chi connectivity index (χ1) is 10.5. The minimum atomic E-state index is -0.964. The average Bonchev–Trinajstić information content (AvgIpc) is 2.48. The summed E-state index contributed by atoms with van der Waals surface area (Å²) in [5.41, 5.74) is -0.159. The van der Waals surface area contributed by atoms with Gasteiger partial charge >= 0.3 is 5.97 Å². The number of halogens is 3. The molecule has 0 spiro atoms. The summed E-state index contributed by atoms with van der Waals surface area (Å²) in [4.78, 5) is 11.4. The van der Waals surface area contributed by atoms with Crippen molar-refractivity contribution >= 4 is 21.9 Å². The summed E-state index contributed by atoms with van der Waals surface area (Å²) >= 11 is 3.35. The Morgan fingerprint density at radius 1 is 1.27 bits per heavy atom. The summed E-state index contributed by atoms with van der Waals surface area (Å²) in [6.07, 6.45) is 5.68. The second kappa shape index (κ2) is 7.18. The Kier molecular flexibility index (Phi) is 5.51. The monoisotopic (exact) mass is 370 g/mol. The van der Waals surface area contributed by atoms with Crippen LogP contribution in [0.25, 0.3) is 0 Å². The molecule has 1 aromatic carbocycles. The molecule has 0 amide bonds. The summed E-state index contributed by atoms with van der Waals surface area (Å²) in [5.74, 6) is -1.99. The molecule has 0 saturated heterocycles. The SMILES string of the molecule is O=C(O)CC1(c2ccc(F)cc2)C=CC(F)=CC1CCCBr. The lowest BCUT2D eigenvalue weighted by molar-refractivity contribution is -0.138. The van der Waals surface area contributed by atoms with Crippen molar-refractivity contribution in [1.29, 1.82) is 0 Å². The fraction of sp³-hybridized carbons (Fsp3) is 0.353. The molecule has 0 fully saturated rings. The zero-order chi connectivity index (χ0) is 16.2. The van der Waals surface area contributed by atoms with E-state index in [0.29, 0.717) is 12.0 Å². The highest BCUT2D eigenvalue weighted by Crippen LogP contribution is 2.44. The molecule has 0 radical (unpaired) electrons. The lowest BCUT2D eigenvalue weighted by atomic mass is 9.64. The van der Waals surface area contributed by atoms with Gasteiger partial charge in [0.25, 0.3) is 0 Å². The highest BCUT2D eigenvalue weighted by molar-refractivity contribution is 9.09. The summed E-state index contributed by atoms with van der Waals surface area (Å²) < 4.78 is 26.9. The van der Waals surface area contributed by atoms with Crippen LogP contribution in [0.15, 0.2) is 48.3 Å². The van der Waals surface area contributed by atoms with E-state index in [4.69, 9.17) is 0 Å². The lowest BCUT2D eigenvalue weighted by Gasteiger charge is -2.38. The van der Waals surface area contributed by atoms with Gasteiger partial charge in [-0.2, -0.15) is 0 Å². The molecule has 5 heteroatoms. The Bertz CT molecular complexity index is 595. The molecule has 0 heterocycles. The van der Waals surface area contributed by atoms with Crippen LogP contribution in [-0.2, 0) is 10.2 Å². The summed E-state index contributed by atoms with van der Waals surface area (Å²) in [7, 11) is 0. The van der Waals surface area contributed by atoms with Crippen molar-refractivity contribution in [2.45, 2.75) is 24.7 Å². The van der Waals surface area contributed by atoms with E-state index in [0.717, 1.165) is 11.8 Å². The molecule has 2 atom stereocenters. The summed E-state index contributed by atoms with van der Waals surface area (Å²) in [5, 5.41) is 10.1. The van der Waals surface area contributed by atoms with Gasteiger partial charge in [0.15, 0.2) is 0 Å². The van der Waals surface area contributed by atoms with E-state index in [1.807, 2.05) is 0 Å². The molecule has 2 unspecified atom stereocenters. The molecular formula is C17H17BrF2O2. The molecule has 118 valence electrons. The van der Waals surface area contributed by atoms with Gasteiger partial charge in [-0.25, -0.2) is 8.78 Å². The van der Waals surface area contributed by atoms with Gasteiger partial charge in [-0.05, 0) is 48.6 Å². The molecule has 2 nitrogen and oxygen atoms in total. The second-order valence-electron chi connectivity index (χ2n) is 5.44. The molecule has 2 rings (SSSR count). The molecule has 0 saturated carbocycles. The van der Waals surface area contributed by atoms with E-state index >= 15 is 0 Å². The molecule has 1 aliphatic rings. The van der Waals surface area contributed by atoms with Crippen LogP contribution in [0.1, 0.15) is 24.8 Å². The third-order valence-corrected chi connectivity index (χ3v) is 4.60. The summed E-state index contributed by atoms with van der Waals surface area (Å²) in [6.45, 7) is 0. The largest absolute Gasteiger partial charge is 0.481 e. The predicted molar refractivity (Wildman–Crippen MR) is 85.2 cm³/mol. The standard InChI is InChI=1S/C17H17BrF2O2/c18-9-1-2-13-10-15(20)7-8-17(13,11-16(21)22)12-3-5-14(19)6-4-12/h3-8,10,13H,1-2,9,11H2,(H,21,22). The van der Waals surface area contributed by atoms with Gasteiger partial charge in [0.1, 0.15) is 11.6 Å². The van der Waals surface area contributed by atoms with Gasteiger partial charge < -0.3 is 5.11 Å². The Balaban J connectivity index is 2.48. The first-order valence-electron chi connectivity index (χ1n) is 7.08. The molecular weight excluding hydrogens is 354 g/mol. The van der Waals surface area contributed by atoms with Crippen molar-refractivity contribution in [3.05, 3.63) is 59.7 Å². The van der Waals surface area contributed by atoms with Crippen molar-refractivity contribution in [3.63, 3.8) is 0 Å². The van der Waals surface area contributed by atoms with Crippen LogP contribution in [-0.4, -0.2) is 16.4 Å². The third-order valence-electron chi connectivity index (χ3n) is 4.04. The zero-order valence-electron chi connectivity index (χ0n) is 11.9. The quantitative estimate of drug-likeness (QED) is 0.733. The van der Waals surface area contributed by atoms with E-state index in [1.165, 1.54) is 24.3 Å². The van der Waals surface area contributed by atoms with Gasteiger partial charge in [0.2, 0.25) is 0 Å². The highest BCUT2D eigenvalue weighted by Gasteiger charge is 2.40. The number of alkyl halides is 1. The topological polar surface area (TPSA) is 37.3 Å². The number of carboxylic acids is 1. The second-order valence-corrected chi connectivity index (χ2v) is 6.23. The third kappa shape index (κ3) is 3.64. The van der Waals surface area contributed by atoms with Gasteiger partial charge in [0.05, 0.1) is 6.42 Å². The van der Waals surface area contributed by atoms with Crippen LogP contribution in [0.2, 0.25) is 0 Å². The van der Waals surface area contributed by atoms with E-state index in [1.54, 1.807) is 18.2 Å². The number of rotatable bonds is 6. The van der Waals surface area contributed by atoms with Crippen LogP contribution >= 0.6 is 15.9 Å². The molecule has 1 aliphatic carbocycles. The van der Waals surface area contributed by atoms with Crippen molar-refractivity contribution < 1.29 is 18.7 Å². The highest BCUT2D eigenvalue weighted by atomic mass is 79.9. The predicted octanol–water partition coefficient (Wildman–Crippen LogP) is 4.75. The maximum absolute atomic E-state index is 13.7. The maximum atomic E-state index is 13.7. The molecule has 1 N–H and O–H groups in total. The van der Waals surface area contributed by atoms with Crippen LogP contribution in [0.3, 0.4) is 0 Å². The first-order valence-corrected chi connectivity index (χ1v) is 8.20. The fourth-order valence-corrected chi connectivity index (χ4v) is 3.32. The number of carboxylic acid groups (broad SMARTS) is 1. The number of hydrogen-bond donors (Lipinski definition) is 1. The number of carbonyl (C=O) groups is 1. The fourth-order valence-electron chi connectivity index (χ4n) is 3.00. The summed E-state index contributed by atoms with van der Waals surface area (Å²) in [6, 6.07) is 5.79. The number of allylic oxidation sites excluding steroid dienone is 4. The first kappa shape index (κ1) is 16.9. The minimum absolute atomic E-state index is 0.161. The van der Waals surface area contributed by atoms with Gasteiger partial charge in [0, 0.05) is 10.7 Å². The van der Waals surface area contributed by atoms with Crippen molar-refractivity contribution in [1.82, 2.24) is 0 Å². The Labute approximate surface area is 136 Å². The van der Waals surface area contributed by atoms with Gasteiger partial charge in [-0.1, -0.05) is 34.1 Å². The van der Waals surface area contributed by atoms with Crippen LogP contribution < -0.4 is 0 Å². The zero-order valence-corrected chi connectivity index (χ0v) is 13.5. The van der Waals surface area contributed by atoms with Crippen LogP contribution in [0, 0.1) is 11.7 Å². The van der Waals surface area contributed by atoms with Gasteiger partial charge in [-0.3, -0.25) is 4.79 Å². The Morgan fingerprint density at radius 2 is 1.95 bits per heavy atom. The molecule has 0 aromatic heterocycles. The molecule has 1 aromatic rings. The Morgan fingerprint density at radius 3 is 2.55 bits per heavy atom. The van der Waals surface area contributed by atoms with E-state index in [-0.39, 0.29) is 24.0 Å². The average molecular weight is 371 g/mol. The minimum Gasteiger partial charge on any atom is -0.481 e. The normalized spacial score (nSPS) is 24.1. The van der Waals surface area contributed by atoms with E-state index in [2.05, 4.69) is 15.9 Å². The number of aliphatic carboxylic acids is 1. The van der Waals surface area contributed by atoms with Crippen LogP contribution in [0.5, 0.6) is 0 Å². The number of benzene rings is 1. The molecule has 0 aliphatic heterocycles. The van der Waals surface area contributed by atoms with Crippen molar-refractivity contribution in [3.8, 4) is 0 Å². The lowest BCUT2D eigenvalue weighted by Crippen LogP contribution is -2.36. The smallest absolute Gasteiger partial charge is 0.304 e. The van der Waals surface area contributed by atoms with Crippen molar-refractivity contribution in [2.24, 2.45) is 5.92 Å².